The number of nitrogens with zero attached hydrogens (tertiary/aromatic N) is 1. The first kappa shape index (κ1) is 12.6. The highest BCUT2D eigenvalue weighted by Gasteiger charge is 2.27. The summed E-state index contributed by atoms with van der Waals surface area (Å²) in [6.45, 7) is 1.07. The highest BCUT2D eigenvalue weighted by molar-refractivity contribution is 7.89. The van der Waals surface area contributed by atoms with Crippen LogP contribution in [-0.4, -0.2) is 43.0 Å². The Kier molecular flexibility index (Phi) is 3.53. The second-order valence-electron chi connectivity index (χ2n) is 4.06. The van der Waals surface area contributed by atoms with Crippen molar-refractivity contribution in [1.82, 2.24) is 4.31 Å². The zero-order chi connectivity index (χ0) is 12.5. The summed E-state index contributed by atoms with van der Waals surface area (Å²) in [6, 6.07) is 5.77. The average Bonchev–Trinajstić information content (AvgIpc) is 2.83. The van der Waals surface area contributed by atoms with Crippen LogP contribution >= 0.6 is 0 Å². The molecule has 0 atom stereocenters. The lowest BCUT2D eigenvalue weighted by Gasteiger charge is -2.15. The van der Waals surface area contributed by atoms with Crippen molar-refractivity contribution < 1.29 is 18.5 Å². The topological polar surface area (TPSA) is 77.8 Å². The SMILES string of the molecule is O=S(=O)(c1cccc(B(O)O)c1)N1CCCC1. The molecule has 1 aliphatic heterocycles. The molecule has 92 valence electrons. The minimum Gasteiger partial charge on any atom is -0.423 e. The van der Waals surface area contributed by atoms with E-state index in [1.54, 1.807) is 0 Å². The van der Waals surface area contributed by atoms with Gasteiger partial charge in [0.15, 0.2) is 0 Å². The Labute approximate surface area is 101 Å². The molecule has 1 aromatic rings. The first-order valence-electron chi connectivity index (χ1n) is 5.48. The second kappa shape index (κ2) is 4.77. The van der Waals surface area contributed by atoms with Crippen LogP contribution in [-0.2, 0) is 10.0 Å². The molecular weight excluding hydrogens is 241 g/mol. The van der Waals surface area contributed by atoms with E-state index < -0.39 is 17.1 Å². The Morgan fingerprint density at radius 3 is 2.41 bits per heavy atom. The average molecular weight is 255 g/mol. The van der Waals surface area contributed by atoms with Crippen LogP contribution in [0.4, 0.5) is 0 Å². The van der Waals surface area contributed by atoms with E-state index >= 15 is 0 Å². The van der Waals surface area contributed by atoms with E-state index in [0.29, 0.717) is 13.1 Å². The van der Waals surface area contributed by atoms with Crippen molar-refractivity contribution in [2.45, 2.75) is 17.7 Å². The normalized spacial score (nSPS) is 17.3. The Morgan fingerprint density at radius 2 is 1.82 bits per heavy atom. The molecule has 0 aliphatic carbocycles. The van der Waals surface area contributed by atoms with Crippen molar-refractivity contribution in [3.63, 3.8) is 0 Å². The second-order valence-corrected chi connectivity index (χ2v) is 6.00. The molecule has 0 spiro atoms. The van der Waals surface area contributed by atoms with Gasteiger partial charge in [-0.2, -0.15) is 4.31 Å². The fourth-order valence-electron chi connectivity index (χ4n) is 1.91. The largest absolute Gasteiger partial charge is 0.488 e. The first-order valence-corrected chi connectivity index (χ1v) is 6.92. The molecular formula is C10H14BNO4S. The molecule has 1 fully saturated rings. The summed E-state index contributed by atoms with van der Waals surface area (Å²) in [5, 5.41) is 18.1. The predicted molar refractivity (Wildman–Crippen MR) is 64.3 cm³/mol. The molecule has 0 aromatic heterocycles. The third kappa shape index (κ3) is 2.52. The third-order valence-corrected chi connectivity index (χ3v) is 4.75. The lowest BCUT2D eigenvalue weighted by molar-refractivity contribution is 0.425. The van der Waals surface area contributed by atoms with Gasteiger partial charge in [-0.15, -0.1) is 0 Å². The molecule has 1 heterocycles. The molecule has 7 heteroatoms. The molecule has 2 rings (SSSR count). The highest BCUT2D eigenvalue weighted by Crippen LogP contribution is 2.19. The van der Waals surface area contributed by atoms with Crippen molar-refractivity contribution in [2.75, 3.05) is 13.1 Å². The minimum atomic E-state index is -3.48. The summed E-state index contributed by atoms with van der Waals surface area (Å²) in [5.74, 6) is 0. The Bertz CT molecular complexity index is 497. The van der Waals surface area contributed by atoms with Gasteiger partial charge in [0.2, 0.25) is 10.0 Å². The maximum atomic E-state index is 12.2. The van der Waals surface area contributed by atoms with Crippen molar-refractivity contribution in [2.24, 2.45) is 0 Å². The van der Waals surface area contributed by atoms with E-state index in [1.807, 2.05) is 0 Å². The van der Waals surface area contributed by atoms with E-state index in [1.165, 1.54) is 28.6 Å². The van der Waals surface area contributed by atoms with Gasteiger partial charge in [0, 0.05) is 13.1 Å². The molecule has 0 bridgehead atoms. The van der Waals surface area contributed by atoms with Gasteiger partial charge in [0.05, 0.1) is 4.90 Å². The summed E-state index contributed by atoms with van der Waals surface area (Å²) in [5.41, 5.74) is 0.185. The van der Waals surface area contributed by atoms with Crippen molar-refractivity contribution >= 4 is 22.6 Å². The molecule has 2 N–H and O–H groups in total. The van der Waals surface area contributed by atoms with Gasteiger partial charge in [-0.25, -0.2) is 8.42 Å². The van der Waals surface area contributed by atoms with E-state index in [-0.39, 0.29) is 10.4 Å². The molecule has 1 saturated heterocycles. The molecule has 5 nitrogen and oxygen atoms in total. The summed E-state index contributed by atoms with van der Waals surface area (Å²) < 4.78 is 25.8. The van der Waals surface area contributed by atoms with Crippen LogP contribution < -0.4 is 5.46 Å². The van der Waals surface area contributed by atoms with Gasteiger partial charge in [0.25, 0.3) is 0 Å². The van der Waals surface area contributed by atoms with Crippen LogP contribution in [0.3, 0.4) is 0 Å². The van der Waals surface area contributed by atoms with E-state index in [2.05, 4.69) is 0 Å². The van der Waals surface area contributed by atoms with E-state index in [9.17, 15) is 8.42 Å². The van der Waals surface area contributed by atoms with E-state index in [4.69, 9.17) is 10.0 Å². The Morgan fingerprint density at radius 1 is 1.18 bits per heavy atom. The molecule has 0 saturated carbocycles. The molecule has 0 radical (unpaired) electrons. The van der Waals surface area contributed by atoms with Gasteiger partial charge in [-0.3, -0.25) is 0 Å². The number of hydrogen-bond acceptors (Lipinski definition) is 4. The lowest BCUT2D eigenvalue weighted by Crippen LogP contribution is -2.32. The summed E-state index contributed by atoms with van der Waals surface area (Å²) in [7, 11) is -5.13. The maximum Gasteiger partial charge on any atom is 0.488 e. The van der Waals surface area contributed by atoms with Crippen LogP contribution in [0.2, 0.25) is 0 Å². The number of rotatable bonds is 3. The summed E-state index contributed by atoms with van der Waals surface area (Å²) in [6.07, 6.45) is 1.75. The maximum absolute atomic E-state index is 12.2. The highest BCUT2D eigenvalue weighted by atomic mass is 32.2. The minimum absolute atomic E-state index is 0.116. The lowest BCUT2D eigenvalue weighted by atomic mass is 9.80. The van der Waals surface area contributed by atoms with Gasteiger partial charge in [0.1, 0.15) is 0 Å². The van der Waals surface area contributed by atoms with Crippen molar-refractivity contribution in [1.29, 1.82) is 0 Å². The van der Waals surface area contributed by atoms with Crippen LogP contribution in [0.1, 0.15) is 12.8 Å². The van der Waals surface area contributed by atoms with Crippen LogP contribution in [0.25, 0.3) is 0 Å². The van der Waals surface area contributed by atoms with Crippen molar-refractivity contribution in [3.8, 4) is 0 Å². The molecule has 1 aromatic carbocycles. The van der Waals surface area contributed by atoms with Crippen molar-refractivity contribution in [3.05, 3.63) is 24.3 Å². The summed E-state index contributed by atoms with van der Waals surface area (Å²) >= 11 is 0. The van der Waals surface area contributed by atoms with Crippen LogP contribution in [0.5, 0.6) is 0 Å². The Hall–Kier alpha value is -0.885. The standard InChI is InChI=1S/C10H14BNO4S/c13-11(14)9-4-3-5-10(8-9)17(15,16)12-6-1-2-7-12/h3-5,8,13-14H,1-2,6-7H2. The zero-order valence-corrected chi connectivity index (χ0v) is 10.1. The quantitative estimate of drug-likeness (QED) is 0.690. The molecule has 0 unspecified atom stereocenters. The number of sulfonamides is 1. The molecule has 0 amide bonds. The number of benzene rings is 1. The van der Waals surface area contributed by atoms with Gasteiger partial charge in [-0.05, 0) is 30.4 Å². The number of hydrogen-bond donors (Lipinski definition) is 2. The monoisotopic (exact) mass is 255 g/mol. The van der Waals surface area contributed by atoms with Crippen LogP contribution in [0.15, 0.2) is 29.2 Å². The first-order chi connectivity index (χ1) is 8.01. The molecule has 17 heavy (non-hydrogen) atoms. The fraction of sp³-hybridized carbons (Fsp3) is 0.400. The smallest absolute Gasteiger partial charge is 0.423 e. The van der Waals surface area contributed by atoms with E-state index in [0.717, 1.165) is 12.8 Å². The third-order valence-electron chi connectivity index (χ3n) is 2.86. The van der Waals surface area contributed by atoms with Crippen LogP contribution in [0, 0.1) is 0 Å². The molecule has 1 aliphatic rings. The zero-order valence-electron chi connectivity index (χ0n) is 9.28. The fourth-order valence-corrected chi connectivity index (χ4v) is 3.49. The van der Waals surface area contributed by atoms with Gasteiger partial charge >= 0.3 is 7.12 Å². The summed E-state index contributed by atoms with van der Waals surface area (Å²) in [4.78, 5) is 0.116. The Balaban J connectivity index is 2.35. The predicted octanol–water partition coefficient (Wildman–Crippen LogP) is -0.849. The van der Waals surface area contributed by atoms with Gasteiger partial charge < -0.3 is 10.0 Å². The van der Waals surface area contributed by atoms with Gasteiger partial charge in [-0.1, -0.05) is 12.1 Å².